The normalized spacial score (nSPS) is 12.4. The molecule has 0 atom stereocenters. The number of nitrogens with zero attached hydrogens (tertiary/aromatic N) is 1. The highest BCUT2D eigenvalue weighted by atomic mass is 35.5. The van der Waals surface area contributed by atoms with Crippen LogP contribution in [-0.2, 0) is 15.9 Å². The first-order valence-corrected chi connectivity index (χ1v) is 8.18. The molecule has 3 nitrogen and oxygen atoms in total. The van der Waals surface area contributed by atoms with Crippen molar-refractivity contribution in [3.05, 3.63) is 29.6 Å². The number of benzene rings is 1. The Morgan fingerprint density at radius 1 is 1.32 bits per heavy atom. The van der Waals surface area contributed by atoms with Gasteiger partial charge in [0.2, 0.25) is 10.0 Å². The summed E-state index contributed by atoms with van der Waals surface area (Å²) >= 11 is 5.67. The van der Waals surface area contributed by atoms with Crippen LogP contribution in [0, 0.1) is 5.82 Å². The summed E-state index contributed by atoms with van der Waals surface area (Å²) in [5.74, 6) is -0.594. The first-order valence-electron chi connectivity index (χ1n) is 6.20. The van der Waals surface area contributed by atoms with Crippen LogP contribution in [0.25, 0.3) is 0 Å². The first-order chi connectivity index (χ1) is 8.88. The maximum Gasteiger partial charge on any atom is 0.245 e. The van der Waals surface area contributed by atoms with Crippen molar-refractivity contribution in [2.24, 2.45) is 0 Å². The summed E-state index contributed by atoms with van der Waals surface area (Å²) in [5.41, 5.74) is 0.583. The molecule has 0 amide bonds. The minimum Gasteiger partial charge on any atom is -0.207 e. The maximum atomic E-state index is 13.8. The maximum absolute atomic E-state index is 13.8. The van der Waals surface area contributed by atoms with Crippen LogP contribution in [-0.4, -0.2) is 25.8 Å². The topological polar surface area (TPSA) is 37.4 Å². The average Bonchev–Trinajstić information content (AvgIpc) is 2.40. The van der Waals surface area contributed by atoms with E-state index >= 15 is 0 Å². The zero-order valence-corrected chi connectivity index (χ0v) is 12.9. The third-order valence-electron chi connectivity index (χ3n) is 3.26. The van der Waals surface area contributed by atoms with Gasteiger partial charge in [0.05, 0.1) is 0 Å². The van der Waals surface area contributed by atoms with Gasteiger partial charge >= 0.3 is 0 Å². The van der Waals surface area contributed by atoms with E-state index in [2.05, 4.69) is 0 Å². The summed E-state index contributed by atoms with van der Waals surface area (Å²) in [6, 6.07) is 3.80. The second-order valence-corrected chi connectivity index (χ2v) is 6.62. The molecule has 0 heterocycles. The van der Waals surface area contributed by atoms with E-state index in [1.54, 1.807) is 0 Å². The Bertz CT molecular complexity index is 529. The number of hydrogen-bond acceptors (Lipinski definition) is 2. The van der Waals surface area contributed by atoms with Crippen LogP contribution >= 0.6 is 11.6 Å². The van der Waals surface area contributed by atoms with Crippen molar-refractivity contribution >= 4 is 21.6 Å². The molecule has 108 valence electrons. The predicted octanol–water partition coefficient (Wildman–Crippen LogP) is 3.37. The molecule has 1 aromatic carbocycles. The molecule has 1 aromatic rings. The van der Waals surface area contributed by atoms with Crippen LogP contribution in [0.5, 0.6) is 0 Å². The van der Waals surface area contributed by atoms with Crippen molar-refractivity contribution < 1.29 is 12.8 Å². The zero-order valence-electron chi connectivity index (χ0n) is 11.4. The van der Waals surface area contributed by atoms with E-state index in [1.165, 1.54) is 23.5 Å². The van der Waals surface area contributed by atoms with Gasteiger partial charge in [-0.25, -0.2) is 12.8 Å². The van der Waals surface area contributed by atoms with E-state index in [4.69, 9.17) is 11.6 Å². The lowest BCUT2D eigenvalue weighted by Gasteiger charge is -2.25. The molecule has 0 aromatic heterocycles. The van der Waals surface area contributed by atoms with E-state index in [0.29, 0.717) is 18.4 Å². The fraction of sp³-hybridized carbons (Fsp3) is 0.538. The molecular formula is C13H19ClFNO2S. The van der Waals surface area contributed by atoms with Gasteiger partial charge in [-0.3, -0.25) is 0 Å². The van der Waals surface area contributed by atoms with Gasteiger partial charge in [-0.1, -0.05) is 19.9 Å². The Balaban J connectivity index is 3.26. The number of halogens is 2. The van der Waals surface area contributed by atoms with E-state index in [-0.39, 0.29) is 16.8 Å². The molecule has 0 unspecified atom stereocenters. The Hall–Kier alpha value is -0.650. The van der Waals surface area contributed by atoms with Crippen LogP contribution in [0.2, 0.25) is 0 Å². The fourth-order valence-electron chi connectivity index (χ4n) is 1.98. The minimum atomic E-state index is -3.83. The molecule has 0 radical (unpaired) electrons. The molecule has 19 heavy (non-hydrogen) atoms. The van der Waals surface area contributed by atoms with Gasteiger partial charge in [0.25, 0.3) is 0 Å². The van der Waals surface area contributed by atoms with E-state index in [9.17, 15) is 12.8 Å². The summed E-state index contributed by atoms with van der Waals surface area (Å²) in [5, 5.41) is 0. The van der Waals surface area contributed by atoms with Crippen molar-refractivity contribution in [1.29, 1.82) is 0 Å². The summed E-state index contributed by atoms with van der Waals surface area (Å²) < 4.78 is 39.9. The SMILES string of the molecule is CCC(CC)N(C)S(=O)(=O)c1cc(CCl)ccc1F. The van der Waals surface area contributed by atoms with E-state index in [1.807, 2.05) is 13.8 Å². The van der Waals surface area contributed by atoms with Gasteiger partial charge in [-0.2, -0.15) is 4.31 Å². The van der Waals surface area contributed by atoms with E-state index < -0.39 is 15.8 Å². The minimum absolute atomic E-state index is 0.135. The highest BCUT2D eigenvalue weighted by molar-refractivity contribution is 7.89. The van der Waals surface area contributed by atoms with Gasteiger partial charge in [0.1, 0.15) is 10.7 Å². The monoisotopic (exact) mass is 307 g/mol. The summed E-state index contributed by atoms with van der Waals surface area (Å²) in [7, 11) is -2.34. The van der Waals surface area contributed by atoms with E-state index in [0.717, 1.165) is 6.07 Å². The molecule has 0 fully saturated rings. The van der Waals surface area contributed by atoms with Crippen LogP contribution in [0.4, 0.5) is 4.39 Å². The van der Waals surface area contributed by atoms with Crippen molar-refractivity contribution in [1.82, 2.24) is 4.31 Å². The lowest BCUT2D eigenvalue weighted by Crippen LogP contribution is -2.36. The van der Waals surface area contributed by atoms with Crippen molar-refractivity contribution in [2.75, 3.05) is 7.05 Å². The molecule has 0 spiro atoms. The lowest BCUT2D eigenvalue weighted by molar-refractivity contribution is 0.348. The number of alkyl halides is 1. The Morgan fingerprint density at radius 2 is 1.89 bits per heavy atom. The standard InChI is InChI=1S/C13H19ClFNO2S/c1-4-11(5-2)16(3)19(17,18)13-8-10(9-14)6-7-12(13)15/h6-8,11H,4-5,9H2,1-3H3. The molecule has 6 heteroatoms. The van der Waals surface area contributed by atoms with Gasteiger partial charge in [0.15, 0.2) is 0 Å². The highest BCUT2D eigenvalue weighted by Crippen LogP contribution is 2.23. The zero-order chi connectivity index (χ0) is 14.6. The second-order valence-electron chi connectivity index (χ2n) is 4.39. The highest BCUT2D eigenvalue weighted by Gasteiger charge is 2.28. The summed E-state index contributed by atoms with van der Waals surface area (Å²) in [6.07, 6.45) is 1.37. The first kappa shape index (κ1) is 16.4. The molecule has 0 bridgehead atoms. The Morgan fingerprint density at radius 3 is 2.37 bits per heavy atom. The smallest absolute Gasteiger partial charge is 0.207 e. The largest absolute Gasteiger partial charge is 0.245 e. The number of hydrogen-bond donors (Lipinski definition) is 0. The quantitative estimate of drug-likeness (QED) is 0.756. The Labute approximate surface area is 119 Å². The number of rotatable bonds is 6. The van der Waals surface area contributed by atoms with Gasteiger partial charge in [-0.05, 0) is 30.5 Å². The third-order valence-corrected chi connectivity index (χ3v) is 5.50. The van der Waals surface area contributed by atoms with Crippen molar-refractivity contribution in [2.45, 2.75) is 43.5 Å². The van der Waals surface area contributed by atoms with Gasteiger partial charge in [0, 0.05) is 19.0 Å². The molecule has 0 saturated carbocycles. The second kappa shape index (κ2) is 6.68. The van der Waals surface area contributed by atoms with Gasteiger partial charge in [-0.15, -0.1) is 11.6 Å². The van der Waals surface area contributed by atoms with Crippen LogP contribution in [0.3, 0.4) is 0 Å². The summed E-state index contributed by atoms with van der Waals surface area (Å²) in [4.78, 5) is -0.306. The molecule has 1 rings (SSSR count). The van der Waals surface area contributed by atoms with Crippen LogP contribution in [0.1, 0.15) is 32.3 Å². The Kier molecular flexibility index (Phi) is 5.77. The average molecular weight is 308 g/mol. The lowest BCUT2D eigenvalue weighted by atomic mass is 10.2. The van der Waals surface area contributed by atoms with Crippen LogP contribution in [0.15, 0.2) is 23.1 Å². The fourth-order valence-corrected chi connectivity index (χ4v) is 3.76. The van der Waals surface area contributed by atoms with Crippen LogP contribution < -0.4 is 0 Å². The molecule has 0 aliphatic carbocycles. The molecule has 0 N–H and O–H groups in total. The molecular weight excluding hydrogens is 289 g/mol. The third kappa shape index (κ3) is 3.46. The molecule has 0 aliphatic rings. The summed E-state index contributed by atoms with van der Waals surface area (Å²) in [6.45, 7) is 3.82. The molecule has 0 aliphatic heterocycles. The van der Waals surface area contributed by atoms with Crippen molar-refractivity contribution in [3.63, 3.8) is 0 Å². The van der Waals surface area contributed by atoms with Gasteiger partial charge < -0.3 is 0 Å². The predicted molar refractivity (Wildman–Crippen MR) is 75.3 cm³/mol. The number of sulfonamides is 1. The van der Waals surface area contributed by atoms with Crippen molar-refractivity contribution in [3.8, 4) is 0 Å². The molecule has 0 saturated heterocycles.